The summed E-state index contributed by atoms with van der Waals surface area (Å²) in [4.78, 5) is 0. The van der Waals surface area contributed by atoms with Crippen LogP contribution in [0.15, 0.2) is 232 Å². The Kier molecular flexibility index (Phi) is 20.4. The van der Waals surface area contributed by atoms with Gasteiger partial charge >= 0.3 is 0 Å². The first-order chi connectivity index (χ1) is 43.1. The Morgan fingerprint density at radius 3 is 0.633 bits per heavy atom. The zero-order valence-electron chi connectivity index (χ0n) is 56.5. The van der Waals surface area contributed by atoms with Crippen molar-refractivity contribution in [2.75, 3.05) is 0 Å². The van der Waals surface area contributed by atoms with Gasteiger partial charge in [0.25, 0.3) is 0 Å². The average molecular weight is 1190 g/mol. The van der Waals surface area contributed by atoms with Crippen molar-refractivity contribution in [1.29, 1.82) is 0 Å². The van der Waals surface area contributed by atoms with Crippen LogP contribution in [0.1, 0.15) is 55.6 Å². The lowest BCUT2D eigenvalue weighted by atomic mass is 9.96. The van der Waals surface area contributed by atoms with Crippen molar-refractivity contribution < 1.29 is 36.5 Å². The van der Waals surface area contributed by atoms with Crippen molar-refractivity contribution in [3.63, 3.8) is 0 Å². The van der Waals surface area contributed by atoms with Crippen molar-refractivity contribution >= 4 is 0 Å². The first-order valence-corrected chi connectivity index (χ1v) is 31.2. The molecule has 452 valence electrons. The Morgan fingerprint density at radius 1 is 0.178 bits per heavy atom. The number of hydrogen-bond donors (Lipinski definition) is 0. The first-order valence-electron chi connectivity index (χ1n) is 31.2. The summed E-state index contributed by atoms with van der Waals surface area (Å²) >= 11 is 0. The molecule has 0 aliphatic carbocycles. The van der Waals surface area contributed by atoms with Crippen LogP contribution in [0.5, 0.6) is 0 Å². The zero-order valence-corrected chi connectivity index (χ0v) is 56.5. The van der Waals surface area contributed by atoms with E-state index in [2.05, 4.69) is 394 Å². The fraction of sp³-hybridized carbons (Fsp3) is 0.220. The number of aryl methyl sites for hydroxylation is 14. The summed E-state index contributed by atoms with van der Waals surface area (Å²) in [7, 11) is 16.8. The molecule has 8 aromatic heterocycles. The molecular formula is C82H92N8+8. The van der Waals surface area contributed by atoms with Crippen LogP contribution in [-0.2, 0) is 56.4 Å². The van der Waals surface area contributed by atoms with Gasteiger partial charge in [0.05, 0.1) is 0 Å². The number of benzene rings is 4. The van der Waals surface area contributed by atoms with Gasteiger partial charge in [0.1, 0.15) is 56.4 Å². The summed E-state index contributed by atoms with van der Waals surface area (Å²) in [6.07, 6.45) is 17.1. The third-order valence-electron chi connectivity index (χ3n) is 17.4. The van der Waals surface area contributed by atoms with Crippen LogP contribution in [0.25, 0.3) is 90.1 Å². The molecule has 0 saturated heterocycles. The maximum Gasteiger partial charge on any atom is 0.212 e. The molecule has 8 heteroatoms. The van der Waals surface area contributed by atoms with E-state index in [4.69, 9.17) is 0 Å². The van der Waals surface area contributed by atoms with Gasteiger partial charge in [-0.15, -0.1) is 0 Å². The predicted octanol–water partition coefficient (Wildman–Crippen LogP) is 13.8. The minimum Gasteiger partial charge on any atom is -0.201 e. The molecule has 0 N–H and O–H groups in total. The molecule has 12 rings (SSSR count). The summed E-state index contributed by atoms with van der Waals surface area (Å²) in [6, 6.07) is 65.2. The fourth-order valence-electron chi connectivity index (χ4n) is 12.3. The first kappa shape index (κ1) is 64.6. The highest BCUT2D eigenvalue weighted by Gasteiger charge is 2.24. The monoisotopic (exact) mass is 1190 g/mol. The lowest BCUT2D eigenvalue weighted by molar-refractivity contribution is -0.661. The summed E-state index contributed by atoms with van der Waals surface area (Å²) in [5.74, 6) is 0. The van der Waals surface area contributed by atoms with Crippen LogP contribution in [0.4, 0.5) is 0 Å². The quantitative estimate of drug-likeness (QED) is 0.136. The van der Waals surface area contributed by atoms with E-state index in [0.717, 1.165) is 0 Å². The van der Waals surface area contributed by atoms with Crippen molar-refractivity contribution in [3.05, 3.63) is 287 Å². The van der Waals surface area contributed by atoms with Crippen molar-refractivity contribution in [2.45, 2.75) is 69.2 Å². The molecule has 90 heavy (non-hydrogen) atoms. The Labute approximate surface area is 536 Å². The number of rotatable bonds is 8. The van der Waals surface area contributed by atoms with Crippen LogP contribution in [0.3, 0.4) is 0 Å². The molecule has 0 aliphatic heterocycles. The van der Waals surface area contributed by atoms with Crippen molar-refractivity contribution in [1.82, 2.24) is 0 Å². The largest absolute Gasteiger partial charge is 0.212 e. The summed E-state index contributed by atoms with van der Waals surface area (Å²) in [5, 5.41) is 0. The Bertz CT molecular complexity index is 4450. The number of pyridine rings is 8. The minimum atomic E-state index is 1.23. The minimum absolute atomic E-state index is 1.23. The Hall–Kier alpha value is -9.92. The zero-order chi connectivity index (χ0) is 64.5. The second-order valence-corrected chi connectivity index (χ2v) is 24.5. The standard InChI is InChI=1S/2C21H24N2.2C20H22N2/c1-15-9-11-22(4)20(13-15)18-7-6-8-19(17(18)3)21-14-16(2)10-12-23(21)5;1-15-9-11-20(22(4)13-15)18-7-6-8-19(17(18)3)21-12-10-16(2)14-23(21)5;1-15-11-12-20(22(4)14-15)18-9-7-8-17(16(18)2)19-10-5-6-13-21(19)3;1-15-11-13-22(4)20(14-15)18-9-7-8-17(16(18)2)19-10-5-6-12-21(19)3/h2*6-14H,1-5H3;2*5-14H,1-4H3/q4*+2. The highest BCUT2D eigenvalue weighted by molar-refractivity contribution is 5.76. The van der Waals surface area contributed by atoms with E-state index in [9.17, 15) is 0 Å². The smallest absolute Gasteiger partial charge is 0.201 e. The lowest BCUT2D eigenvalue weighted by Crippen LogP contribution is -2.32. The lowest BCUT2D eigenvalue weighted by Gasteiger charge is -2.10. The number of hydrogen-bond acceptors (Lipinski definition) is 0. The molecule has 0 fully saturated rings. The van der Waals surface area contributed by atoms with Crippen molar-refractivity contribution in [3.8, 4) is 90.1 Å². The number of aromatic nitrogens is 8. The van der Waals surface area contributed by atoms with Gasteiger partial charge in [0.2, 0.25) is 45.6 Å². The van der Waals surface area contributed by atoms with Gasteiger partial charge < -0.3 is 0 Å². The number of nitrogens with zero attached hydrogens (tertiary/aromatic N) is 8. The fourth-order valence-corrected chi connectivity index (χ4v) is 12.3. The molecule has 0 radical (unpaired) electrons. The highest BCUT2D eigenvalue weighted by Crippen LogP contribution is 2.33. The second kappa shape index (κ2) is 28.5. The molecule has 0 saturated carbocycles. The van der Waals surface area contributed by atoms with E-state index in [1.54, 1.807) is 0 Å². The molecule has 0 atom stereocenters. The summed E-state index contributed by atoms with van der Waals surface area (Å²) < 4.78 is 17.5. The molecule has 8 nitrogen and oxygen atoms in total. The van der Waals surface area contributed by atoms with E-state index in [1.807, 2.05) is 0 Å². The van der Waals surface area contributed by atoms with Crippen LogP contribution in [-0.4, -0.2) is 0 Å². The second-order valence-electron chi connectivity index (χ2n) is 24.5. The molecule has 0 amide bonds. The normalized spacial score (nSPS) is 10.8. The molecule has 4 aromatic carbocycles. The van der Waals surface area contributed by atoms with E-state index >= 15 is 0 Å². The van der Waals surface area contributed by atoms with E-state index < -0.39 is 0 Å². The van der Waals surface area contributed by atoms with Gasteiger partial charge in [0.15, 0.2) is 49.6 Å². The molecule has 8 heterocycles. The van der Waals surface area contributed by atoms with Crippen LogP contribution in [0.2, 0.25) is 0 Å². The van der Waals surface area contributed by atoms with Crippen LogP contribution in [0, 0.1) is 69.2 Å². The molecule has 0 aliphatic rings. The Morgan fingerprint density at radius 2 is 0.400 bits per heavy atom. The third-order valence-corrected chi connectivity index (χ3v) is 17.4. The molecule has 12 aromatic rings. The van der Waals surface area contributed by atoms with Gasteiger partial charge in [-0.05, 0) is 187 Å². The summed E-state index contributed by atoms with van der Waals surface area (Å²) in [5.41, 5.74) is 33.1. The summed E-state index contributed by atoms with van der Waals surface area (Å²) in [6.45, 7) is 21.6. The molecule has 0 spiro atoms. The predicted molar refractivity (Wildman–Crippen MR) is 366 cm³/mol. The van der Waals surface area contributed by atoms with Crippen molar-refractivity contribution in [2.24, 2.45) is 56.4 Å². The van der Waals surface area contributed by atoms with Gasteiger partial charge in [0, 0.05) is 140 Å². The third kappa shape index (κ3) is 14.6. The van der Waals surface area contributed by atoms with E-state index in [1.165, 1.54) is 146 Å². The van der Waals surface area contributed by atoms with E-state index in [-0.39, 0.29) is 0 Å². The Balaban J connectivity index is 0.000000142. The van der Waals surface area contributed by atoms with Crippen LogP contribution < -0.4 is 36.5 Å². The van der Waals surface area contributed by atoms with Gasteiger partial charge in [-0.2, -0.15) is 0 Å². The maximum atomic E-state index is 2.25. The van der Waals surface area contributed by atoms with Gasteiger partial charge in [-0.3, -0.25) is 0 Å². The molecule has 0 unspecified atom stereocenters. The van der Waals surface area contributed by atoms with Gasteiger partial charge in [-0.1, -0.05) is 24.3 Å². The molecule has 0 bridgehead atoms. The SMILES string of the molecule is Cc1cc[n+](C)c(-c2cccc(-c3cc(C)cc[n+]3C)c2C)c1.Cc1cc[n+](C)c(-c2cccc(-c3cccc[n+]3C)c2C)c1.Cc1ccc(-c2cccc(-c3ccc(C)c[n+]3C)c2C)[n+](C)c1.Cc1ccc(-c2cccc(-c3cccc[n+]3C)c2C)[n+](C)c1. The highest BCUT2D eigenvalue weighted by atomic mass is 15.0. The van der Waals surface area contributed by atoms with Gasteiger partial charge in [-0.25, -0.2) is 36.5 Å². The average Bonchev–Trinajstić information content (AvgIpc) is 1.05. The van der Waals surface area contributed by atoms with Crippen LogP contribution >= 0.6 is 0 Å². The molecular weight excluding hydrogens is 1100 g/mol. The topological polar surface area (TPSA) is 31.0 Å². The maximum absolute atomic E-state index is 2.25. The van der Waals surface area contributed by atoms with E-state index in [0.29, 0.717) is 0 Å².